The fourth-order valence-corrected chi connectivity index (χ4v) is 1.97. The molecule has 0 aliphatic heterocycles. The topological polar surface area (TPSA) is 26.3 Å². The van der Waals surface area contributed by atoms with Gasteiger partial charge >= 0.3 is 5.97 Å². The Morgan fingerprint density at radius 2 is 1.94 bits per heavy atom. The highest BCUT2D eigenvalue weighted by Crippen LogP contribution is 2.22. The molecule has 1 fully saturated rings. The van der Waals surface area contributed by atoms with E-state index < -0.39 is 0 Å². The second-order valence-corrected chi connectivity index (χ2v) is 4.56. The van der Waals surface area contributed by atoms with Crippen LogP contribution in [0, 0.1) is 0 Å². The van der Waals surface area contributed by atoms with Crippen LogP contribution < -0.4 is 0 Å². The number of hydrogen-bond acceptors (Lipinski definition) is 2. The van der Waals surface area contributed by atoms with Crippen molar-refractivity contribution in [1.82, 2.24) is 0 Å². The van der Waals surface area contributed by atoms with E-state index >= 15 is 0 Å². The Morgan fingerprint density at radius 1 is 1.31 bits per heavy atom. The molecule has 0 aromatic heterocycles. The molecule has 1 rings (SSSR count). The summed E-state index contributed by atoms with van der Waals surface area (Å²) in [5.41, 5.74) is 1.79. The van der Waals surface area contributed by atoms with E-state index in [0.29, 0.717) is 0 Å². The maximum atomic E-state index is 11.8. The minimum absolute atomic E-state index is 0.146. The summed E-state index contributed by atoms with van der Waals surface area (Å²) in [6, 6.07) is 0. The highest BCUT2D eigenvalue weighted by atomic mass is 16.5. The number of esters is 1. The van der Waals surface area contributed by atoms with Gasteiger partial charge in [0, 0.05) is 5.57 Å². The van der Waals surface area contributed by atoms with Gasteiger partial charge in [-0.2, -0.15) is 0 Å². The molecule has 16 heavy (non-hydrogen) atoms. The Kier molecular flexibility index (Phi) is 5.30. The molecule has 1 saturated carbocycles. The highest BCUT2D eigenvalue weighted by Gasteiger charge is 2.19. The normalized spacial score (nSPS) is 18.9. The summed E-state index contributed by atoms with van der Waals surface area (Å²) in [6.07, 6.45) is 8.42. The van der Waals surface area contributed by atoms with Gasteiger partial charge in [-0.15, -0.1) is 6.58 Å². The van der Waals surface area contributed by atoms with Crippen molar-refractivity contribution >= 4 is 5.97 Å². The molecule has 0 saturated heterocycles. The van der Waals surface area contributed by atoms with Crippen LogP contribution in [0.2, 0.25) is 0 Å². The first kappa shape index (κ1) is 13.0. The van der Waals surface area contributed by atoms with Crippen molar-refractivity contribution in [3.63, 3.8) is 0 Å². The van der Waals surface area contributed by atoms with Crippen LogP contribution in [0.15, 0.2) is 23.8 Å². The predicted octanol–water partition coefficient (Wildman–Crippen LogP) is 3.77. The Morgan fingerprint density at radius 3 is 2.50 bits per heavy atom. The van der Waals surface area contributed by atoms with Crippen LogP contribution in [0.5, 0.6) is 0 Å². The van der Waals surface area contributed by atoms with Gasteiger partial charge in [0.15, 0.2) is 0 Å². The highest BCUT2D eigenvalue weighted by molar-refractivity contribution is 5.88. The standard InChI is InChI=1S/C14H22O2/c1-4-8-11(2)12(3)14(15)16-13-9-6-5-7-10-13/h4,13H,1,5-10H2,2-3H3. The van der Waals surface area contributed by atoms with E-state index in [0.717, 1.165) is 30.4 Å². The van der Waals surface area contributed by atoms with Gasteiger partial charge in [0.2, 0.25) is 0 Å². The van der Waals surface area contributed by atoms with E-state index in [9.17, 15) is 4.79 Å². The zero-order chi connectivity index (χ0) is 12.0. The SMILES string of the molecule is C=CCC(C)=C(C)C(=O)OC1CCCCC1. The Labute approximate surface area is 98.4 Å². The molecular formula is C14H22O2. The second kappa shape index (κ2) is 6.51. The minimum atomic E-state index is -0.147. The Balaban J connectivity index is 2.50. The van der Waals surface area contributed by atoms with Gasteiger partial charge in [-0.3, -0.25) is 0 Å². The van der Waals surface area contributed by atoms with Gasteiger partial charge in [0.1, 0.15) is 6.10 Å². The smallest absolute Gasteiger partial charge is 0.333 e. The molecule has 0 spiro atoms. The van der Waals surface area contributed by atoms with Crippen molar-refractivity contribution in [3.05, 3.63) is 23.8 Å². The molecule has 1 aliphatic carbocycles. The molecule has 1 aliphatic rings. The molecule has 0 heterocycles. The molecule has 0 aromatic carbocycles. The van der Waals surface area contributed by atoms with E-state index in [1.807, 2.05) is 19.9 Å². The number of ether oxygens (including phenoxy) is 1. The molecular weight excluding hydrogens is 200 g/mol. The van der Waals surface area contributed by atoms with Gasteiger partial charge in [0.25, 0.3) is 0 Å². The molecule has 0 atom stereocenters. The number of rotatable bonds is 4. The van der Waals surface area contributed by atoms with E-state index in [4.69, 9.17) is 4.74 Å². The number of allylic oxidation sites excluding steroid dienone is 2. The zero-order valence-electron chi connectivity index (χ0n) is 10.4. The largest absolute Gasteiger partial charge is 0.459 e. The molecule has 2 heteroatoms. The van der Waals surface area contributed by atoms with Gasteiger partial charge in [0.05, 0.1) is 0 Å². The van der Waals surface area contributed by atoms with Crippen molar-refractivity contribution in [2.24, 2.45) is 0 Å². The molecule has 0 N–H and O–H groups in total. The summed E-state index contributed by atoms with van der Waals surface area (Å²) < 4.78 is 5.49. The van der Waals surface area contributed by atoms with Crippen molar-refractivity contribution in [2.75, 3.05) is 0 Å². The Hall–Kier alpha value is -1.05. The van der Waals surface area contributed by atoms with Crippen molar-refractivity contribution in [3.8, 4) is 0 Å². The lowest BCUT2D eigenvalue weighted by molar-refractivity contribution is -0.145. The molecule has 0 amide bonds. The number of carbonyl (C=O) groups is 1. The minimum Gasteiger partial charge on any atom is -0.459 e. The number of hydrogen-bond donors (Lipinski definition) is 0. The van der Waals surface area contributed by atoms with Crippen LogP contribution in [0.25, 0.3) is 0 Å². The second-order valence-electron chi connectivity index (χ2n) is 4.56. The van der Waals surface area contributed by atoms with E-state index in [1.165, 1.54) is 19.3 Å². The van der Waals surface area contributed by atoms with Crippen molar-refractivity contribution < 1.29 is 9.53 Å². The third-order valence-electron chi connectivity index (χ3n) is 3.22. The average molecular weight is 222 g/mol. The van der Waals surface area contributed by atoms with Crippen LogP contribution in [-0.2, 0) is 9.53 Å². The lowest BCUT2D eigenvalue weighted by Gasteiger charge is -2.22. The molecule has 0 unspecified atom stereocenters. The van der Waals surface area contributed by atoms with E-state index in [1.54, 1.807) is 0 Å². The summed E-state index contributed by atoms with van der Waals surface area (Å²) >= 11 is 0. The molecule has 0 radical (unpaired) electrons. The molecule has 90 valence electrons. The van der Waals surface area contributed by atoms with Gasteiger partial charge in [-0.25, -0.2) is 4.79 Å². The lowest BCUT2D eigenvalue weighted by Crippen LogP contribution is -2.21. The summed E-state index contributed by atoms with van der Waals surface area (Å²) in [6.45, 7) is 7.47. The van der Waals surface area contributed by atoms with Crippen molar-refractivity contribution in [2.45, 2.75) is 58.5 Å². The van der Waals surface area contributed by atoms with Crippen LogP contribution in [-0.4, -0.2) is 12.1 Å². The zero-order valence-corrected chi connectivity index (χ0v) is 10.4. The van der Waals surface area contributed by atoms with Gasteiger partial charge < -0.3 is 4.74 Å². The van der Waals surface area contributed by atoms with E-state index in [2.05, 4.69) is 6.58 Å². The van der Waals surface area contributed by atoms with Crippen LogP contribution in [0.3, 0.4) is 0 Å². The van der Waals surface area contributed by atoms with Gasteiger partial charge in [-0.05, 0) is 46.0 Å². The summed E-state index contributed by atoms with van der Waals surface area (Å²) in [7, 11) is 0. The monoisotopic (exact) mass is 222 g/mol. The average Bonchev–Trinajstić information content (AvgIpc) is 2.29. The predicted molar refractivity (Wildman–Crippen MR) is 66.2 cm³/mol. The van der Waals surface area contributed by atoms with Crippen LogP contribution in [0.4, 0.5) is 0 Å². The summed E-state index contributed by atoms with van der Waals surface area (Å²) in [5, 5.41) is 0. The third kappa shape index (κ3) is 3.84. The molecule has 0 aromatic rings. The Bertz CT molecular complexity index is 283. The maximum absolute atomic E-state index is 11.8. The van der Waals surface area contributed by atoms with Crippen molar-refractivity contribution in [1.29, 1.82) is 0 Å². The van der Waals surface area contributed by atoms with Crippen LogP contribution >= 0.6 is 0 Å². The third-order valence-corrected chi connectivity index (χ3v) is 3.22. The fraction of sp³-hybridized carbons (Fsp3) is 0.643. The maximum Gasteiger partial charge on any atom is 0.333 e. The number of carbonyl (C=O) groups excluding carboxylic acids is 1. The quantitative estimate of drug-likeness (QED) is 0.411. The molecule has 0 bridgehead atoms. The fourth-order valence-electron chi connectivity index (χ4n) is 1.97. The first-order valence-electron chi connectivity index (χ1n) is 6.13. The summed E-state index contributed by atoms with van der Waals surface area (Å²) in [4.78, 5) is 11.8. The van der Waals surface area contributed by atoms with E-state index in [-0.39, 0.29) is 12.1 Å². The molecule has 2 nitrogen and oxygen atoms in total. The van der Waals surface area contributed by atoms with Crippen LogP contribution in [0.1, 0.15) is 52.4 Å². The first-order chi connectivity index (χ1) is 7.65. The summed E-state index contributed by atoms with van der Waals surface area (Å²) in [5.74, 6) is -0.147. The van der Waals surface area contributed by atoms with Gasteiger partial charge in [-0.1, -0.05) is 18.1 Å². The lowest BCUT2D eigenvalue weighted by atomic mass is 9.97. The first-order valence-corrected chi connectivity index (χ1v) is 6.13.